The van der Waals surface area contributed by atoms with E-state index in [2.05, 4.69) is 27.9 Å². The Bertz CT molecular complexity index is 733. The Kier molecular flexibility index (Phi) is 6.48. The maximum Gasteiger partial charge on any atom is 0.248 e. The minimum absolute atomic E-state index is 0.217. The number of anilines is 1. The highest BCUT2D eigenvalue weighted by molar-refractivity contribution is 14.1. The predicted octanol–water partition coefficient (Wildman–Crippen LogP) is 3.97. The Morgan fingerprint density at radius 2 is 1.71 bits per heavy atom. The molecule has 0 heterocycles. The molecule has 24 heavy (non-hydrogen) atoms. The Morgan fingerprint density at radius 1 is 1.04 bits per heavy atom. The van der Waals surface area contributed by atoms with Crippen LogP contribution in [0.15, 0.2) is 42.5 Å². The zero-order chi connectivity index (χ0) is 17.5. The van der Waals surface area contributed by atoms with Crippen LogP contribution in [0.25, 0.3) is 6.08 Å². The average molecular weight is 439 g/mol. The molecule has 0 bridgehead atoms. The topological polar surface area (TPSA) is 56.8 Å². The third-order valence-electron chi connectivity index (χ3n) is 3.21. The van der Waals surface area contributed by atoms with Gasteiger partial charge < -0.3 is 19.5 Å². The average Bonchev–Trinajstić information content (AvgIpc) is 2.58. The summed E-state index contributed by atoms with van der Waals surface area (Å²) in [6.07, 6.45) is 3.15. The fourth-order valence-corrected chi connectivity index (χ4v) is 2.66. The molecule has 5 nitrogen and oxygen atoms in total. The Morgan fingerprint density at radius 3 is 2.25 bits per heavy atom. The fraction of sp³-hybridized carbons (Fsp3) is 0.167. The van der Waals surface area contributed by atoms with Gasteiger partial charge in [-0.3, -0.25) is 4.79 Å². The lowest BCUT2D eigenvalue weighted by atomic mass is 10.1. The summed E-state index contributed by atoms with van der Waals surface area (Å²) in [5.74, 6) is 1.37. The molecule has 0 saturated carbocycles. The number of rotatable bonds is 6. The molecule has 1 amide bonds. The molecule has 0 unspecified atom stereocenters. The zero-order valence-corrected chi connectivity index (χ0v) is 15.8. The number of benzene rings is 2. The molecule has 2 rings (SSSR count). The van der Waals surface area contributed by atoms with Gasteiger partial charge in [0.2, 0.25) is 11.7 Å². The van der Waals surface area contributed by atoms with Crippen LogP contribution in [0.2, 0.25) is 0 Å². The number of carbonyl (C=O) groups is 1. The van der Waals surface area contributed by atoms with Crippen LogP contribution < -0.4 is 19.5 Å². The summed E-state index contributed by atoms with van der Waals surface area (Å²) in [4.78, 5) is 12.0. The van der Waals surface area contributed by atoms with E-state index >= 15 is 0 Å². The number of methoxy groups -OCH3 is 3. The first-order chi connectivity index (χ1) is 11.6. The molecule has 0 aliphatic heterocycles. The Hall–Kier alpha value is -2.22. The summed E-state index contributed by atoms with van der Waals surface area (Å²) in [7, 11) is 4.65. The van der Waals surface area contributed by atoms with Gasteiger partial charge in [-0.15, -0.1) is 0 Å². The maximum atomic E-state index is 12.0. The van der Waals surface area contributed by atoms with Crippen LogP contribution in [-0.2, 0) is 4.79 Å². The molecule has 0 spiro atoms. The van der Waals surface area contributed by atoms with E-state index in [0.717, 1.165) is 14.8 Å². The highest BCUT2D eigenvalue weighted by atomic mass is 127. The van der Waals surface area contributed by atoms with Crippen molar-refractivity contribution in [2.75, 3.05) is 26.6 Å². The molecule has 126 valence electrons. The van der Waals surface area contributed by atoms with Crippen LogP contribution in [0, 0.1) is 3.57 Å². The van der Waals surface area contributed by atoms with E-state index in [1.165, 1.54) is 6.08 Å². The molecule has 2 aromatic rings. The first kappa shape index (κ1) is 18.1. The molecule has 0 aliphatic rings. The third-order valence-corrected chi connectivity index (χ3v) is 3.88. The van der Waals surface area contributed by atoms with Crippen molar-refractivity contribution in [3.05, 3.63) is 51.6 Å². The Balaban J connectivity index is 2.17. The van der Waals surface area contributed by atoms with E-state index in [0.29, 0.717) is 17.2 Å². The highest BCUT2D eigenvalue weighted by Crippen LogP contribution is 2.38. The number of carbonyl (C=O) groups excluding carboxylic acids is 1. The quantitative estimate of drug-likeness (QED) is 0.547. The van der Waals surface area contributed by atoms with Crippen LogP contribution in [0.1, 0.15) is 5.56 Å². The Labute approximate surface area is 154 Å². The summed E-state index contributed by atoms with van der Waals surface area (Å²) in [5.41, 5.74) is 1.52. The second-order valence-corrected chi connectivity index (χ2v) is 6.04. The van der Waals surface area contributed by atoms with Crippen molar-refractivity contribution >= 4 is 40.3 Å². The summed E-state index contributed by atoms with van der Waals surface area (Å²) in [6, 6.07) is 11.1. The van der Waals surface area contributed by atoms with Gasteiger partial charge in [-0.2, -0.15) is 0 Å². The van der Waals surface area contributed by atoms with Gasteiger partial charge in [0.25, 0.3) is 0 Å². The minimum Gasteiger partial charge on any atom is -0.493 e. The summed E-state index contributed by atoms with van der Waals surface area (Å²) in [6.45, 7) is 0. The van der Waals surface area contributed by atoms with Crippen molar-refractivity contribution in [1.82, 2.24) is 0 Å². The van der Waals surface area contributed by atoms with Gasteiger partial charge in [-0.25, -0.2) is 0 Å². The number of halogens is 1. The lowest BCUT2D eigenvalue weighted by Crippen LogP contribution is -2.07. The van der Waals surface area contributed by atoms with Crippen molar-refractivity contribution in [1.29, 1.82) is 0 Å². The van der Waals surface area contributed by atoms with Crippen molar-refractivity contribution in [2.24, 2.45) is 0 Å². The smallest absolute Gasteiger partial charge is 0.248 e. The normalized spacial score (nSPS) is 10.5. The molecule has 2 aromatic carbocycles. The van der Waals surface area contributed by atoms with Gasteiger partial charge >= 0.3 is 0 Å². The second kappa shape index (κ2) is 8.58. The second-order valence-electron chi connectivity index (χ2n) is 4.79. The van der Waals surface area contributed by atoms with Crippen molar-refractivity contribution in [2.45, 2.75) is 0 Å². The summed E-state index contributed by atoms with van der Waals surface area (Å²) in [5, 5.41) is 2.82. The first-order valence-electron chi connectivity index (χ1n) is 7.12. The van der Waals surface area contributed by atoms with Crippen LogP contribution in [0.3, 0.4) is 0 Å². The number of hydrogen-bond acceptors (Lipinski definition) is 4. The number of ether oxygens (including phenoxy) is 3. The SMILES string of the molecule is COc1cc(/C=C/C(=O)Nc2cccc(I)c2)cc(OC)c1OC. The van der Waals surface area contributed by atoms with Crippen LogP contribution in [-0.4, -0.2) is 27.2 Å². The molecule has 0 fully saturated rings. The number of nitrogens with one attached hydrogen (secondary N) is 1. The first-order valence-corrected chi connectivity index (χ1v) is 8.20. The molecule has 0 atom stereocenters. The van der Waals surface area contributed by atoms with Gasteiger partial charge in [0.1, 0.15) is 0 Å². The number of amides is 1. The van der Waals surface area contributed by atoms with Crippen LogP contribution >= 0.6 is 22.6 Å². The summed E-state index contributed by atoms with van der Waals surface area (Å²) >= 11 is 2.20. The monoisotopic (exact) mass is 439 g/mol. The molecular formula is C18H18INO4. The minimum atomic E-state index is -0.217. The van der Waals surface area contributed by atoms with E-state index in [1.807, 2.05) is 24.3 Å². The van der Waals surface area contributed by atoms with Crippen LogP contribution in [0.4, 0.5) is 5.69 Å². The van der Waals surface area contributed by atoms with E-state index in [4.69, 9.17) is 14.2 Å². The molecular weight excluding hydrogens is 421 g/mol. The van der Waals surface area contributed by atoms with Gasteiger partial charge in [0, 0.05) is 15.3 Å². The standard InChI is InChI=1S/C18H18INO4/c1-22-15-9-12(10-16(23-2)18(15)24-3)7-8-17(21)20-14-6-4-5-13(19)11-14/h4-11H,1-3H3,(H,20,21)/b8-7+. The van der Waals surface area contributed by atoms with Crippen LogP contribution in [0.5, 0.6) is 17.2 Å². The molecule has 6 heteroatoms. The molecule has 1 N–H and O–H groups in total. The maximum absolute atomic E-state index is 12.0. The van der Waals surface area contributed by atoms with E-state index in [1.54, 1.807) is 39.5 Å². The van der Waals surface area contributed by atoms with Gasteiger partial charge in [0.05, 0.1) is 21.3 Å². The van der Waals surface area contributed by atoms with E-state index < -0.39 is 0 Å². The largest absolute Gasteiger partial charge is 0.493 e. The zero-order valence-electron chi connectivity index (χ0n) is 13.6. The van der Waals surface area contributed by atoms with Gasteiger partial charge in [0.15, 0.2) is 11.5 Å². The van der Waals surface area contributed by atoms with Gasteiger partial charge in [-0.05, 0) is 64.6 Å². The van der Waals surface area contributed by atoms with Crippen molar-refractivity contribution in [3.8, 4) is 17.2 Å². The van der Waals surface area contributed by atoms with Gasteiger partial charge in [-0.1, -0.05) is 6.07 Å². The lowest BCUT2D eigenvalue weighted by molar-refractivity contribution is -0.111. The van der Waals surface area contributed by atoms with Crippen molar-refractivity contribution < 1.29 is 19.0 Å². The molecule has 0 saturated heterocycles. The molecule has 0 aromatic heterocycles. The summed E-state index contributed by atoms with van der Waals surface area (Å²) < 4.78 is 16.9. The fourth-order valence-electron chi connectivity index (χ4n) is 2.12. The van der Waals surface area contributed by atoms with E-state index in [9.17, 15) is 4.79 Å². The highest BCUT2D eigenvalue weighted by Gasteiger charge is 2.12. The van der Waals surface area contributed by atoms with E-state index in [-0.39, 0.29) is 5.91 Å². The number of hydrogen-bond donors (Lipinski definition) is 1. The lowest BCUT2D eigenvalue weighted by Gasteiger charge is -2.12. The predicted molar refractivity (Wildman–Crippen MR) is 103 cm³/mol. The van der Waals surface area contributed by atoms with Crippen molar-refractivity contribution in [3.63, 3.8) is 0 Å². The molecule has 0 radical (unpaired) electrons. The molecule has 0 aliphatic carbocycles. The third kappa shape index (κ3) is 4.64.